The Morgan fingerprint density at radius 1 is 1.37 bits per heavy atom. The monoisotopic (exact) mass is 398 g/mol. The van der Waals surface area contributed by atoms with E-state index >= 15 is 0 Å². The average Bonchev–Trinajstić information content (AvgIpc) is 3.21. The molecule has 1 amide bonds. The molecule has 138 valence electrons. The zero-order valence-corrected chi connectivity index (χ0v) is 16.7. The van der Waals surface area contributed by atoms with Gasteiger partial charge in [-0.3, -0.25) is 4.79 Å². The first-order chi connectivity index (χ1) is 13.0. The smallest absolute Gasteiger partial charge is 0.246 e. The van der Waals surface area contributed by atoms with Crippen molar-refractivity contribution in [3.63, 3.8) is 0 Å². The number of thiophene rings is 1. The predicted octanol–water partition coefficient (Wildman–Crippen LogP) is 5.33. The summed E-state index contributed by atoms with van der Waals surface area (Å²) < 4.78 is 6.14. The van der Waals surface area contributed by atoms with Crippen LogP contribution in [0.15, 0.2) is 47.5 Å². The van der Waals surface area contributed by atoms with E-state index in [4.69, 9.17) is 16.1 Å². The Morgan fingerprint density at radius 3 is 2.85 bits per heavy atom. The number of nitrogens with zero attached hydrogens (tertiary/aromatic N) is 2. The van der Waals surface area contributed by atoms with Gasteiger partial charge in [-0.05, 0) is 42.7 Å². The standard InChI is InChI=1S/C21H19ClN2O2S/c1-4-20(25)24-10-17(16-9-19(22)27-18(16)11-24)14-7-5-6-8-15(14)21-12(2)23-26-13(21)3/h4-9,17H,1,10-11H2,2-3H3/t17-/m1/s1. The lowest BCUT2D eigenvalue weighted by Gasteiger charge is -2.33. The van der Waals surface area contributed by atoms with Crippen LogP contribution in [0.3, 0.4) is 0 Å². The number of aromatic nitrogens is 1. The number of rotatable bonds is 3. The minimum atomic E-state index is -0.0648. The highest BCUT2D eigenvalue weighted by Crippen LogP contribution is 2.43. The van der Waals surface area contributed by atoms with Gasteiger partial charge >= 0.3 is 0 Å². The second-order valence-corrected chi connectivity index (χ2v) is 8.46. The minimum Gasteiger partial charge on any atom is -0.361 e. The van der Waals surface area contributed by atoms with Crippen molar-refractivity contribution in [1.82, 2.24) is 10.1 Å². The minimum absolute atomic E-state index is 0.0336. The topological polar surface area (TPSA) is 46.3 Å². The molecule has 0 N–H and O–H groups in total. The maximum Gasteiger partial charge on any atom is 0.246 e. The summed E-state index contributed by atoms with van der Waals surface area (Å²) in [6.45, 7) is 8.67. The summed E-state index contributed by atoms with van der Waals surface area (Å²) in [5.74, 6) is 0.759. The summed E-state index contributed by atoms with van der Waals surface area (Å²) in [5, 5.41) is 4.11. The van der Waals surface area contributed by atoms with Crippen molar-refractivity contribution < 1.29 is 9.32 Å². The molecule has 0 bridgehead atoms. The molecular weight excluding hydrogens is 380 g/mol. The van der Waals surface area contributed by atoms with Gasteiger partial charge in [0, 0.05) is 22.9 Å². The number of hydrogen-bond acceptors (Lipinski definition) is 4. The summed E-state index contributed by atoms with van der Waals surface area (Å²) in [6.07, 6.45) is 1.37. The number of hydrogen-bond donors (Lipinski definition) is 0. The van der Waals surface area contributed by atoms with Crippen LogP contribution in [0.1, 0.15) is 33.4 Å². The fourth-order valence-electron chi connectivity index (χ4n) is 3.84. The van der Waals surface area contributed by atoms with E-state index < -0.39 is 0 Å². The number of aryl methyl sites for hydroxylation is 2. The lowest BCUT2D eigenvalue weighted by molar-refractivity contribution is -0.127. The average molecular weight is 399 g/mol. The predicted molar refractivity (Wildman–Crippen MR) is 108 cm³/mol. The number of halogens is 1. The van der Waals surface area contributed by atoms with Crippen LogP contribution in [0.4, 0.5) is 0 Å². The summed E-state index contributed by atoms with van der Waals surface area (Å²) in [7, 11) is 0. The third kappa shape index (κ3) is 3.11. The number of amides is 1. The molecule has 6 heteroatoms. The Hall–Kier alpha value is -2.37. The summed E-state index contributed by atoms with van der Waals surface area (Å²) in [4.78, 5) is 15.3. The Balaban J connectivity index is 1.88. The van der Waals surface area contributed by atoms with Gasteiger partial charge in [0.05, 0.1) is 16.6 Å². The van der Waals surface area contributed by atoms with Gasteiger partial charge < -0.3 is 9.42 Å². The van der Waals surface area contributed by atoms with Crippen LogP contribution in [0, 0.1) is 13.8 Å². The van der Waals surface area contributed by atoms with Crippen LogP contribution < -0.4 is 0 Å². The molecule has 3 aromatic rings. The van der Waals surface area contributed by atoms with Crippen molar-refractivity contribution in [2.24, 2.45) is 0 Å². The fraction of sp³-hybridized carbons (Fsp3) is 0.238. The van der Waals surface area contributed by atoms with E-state index in [1.54, 1.807) is 0 Å². The molecule has 1 aliphatic rings. The van der Waals surface area contributed by atoms with Crippen molar-refractivity contribution >= 4 is 28.8 Å². The number of carbonyl (C=O) groups is 1. The van der Waals surface area contributed by atoms with E-state index in [0.29, 0.717) is 13.1 Å². The highest BCUT2D eigenvalue weighted by molar-refractivity contribution is 7.16. The van der Waals surface area contributed by atoms with E-state index in [1.165, 1.54) is 23.0 Å². The van der Waals surface area contributed by atoms with Gasteiger partial charge in [-0.1, -0.05) is 47.6 Å². The molecule has 3 heterocycles. The first-order valence-corrected chi connectivity index (χ1v) is 9.90. The Kier molecular flexibility index (Phi) is 4.66. The van der Waals surface area contributed by atoms with Crippen LogP contribution in [0.25, 0.3) is 11.1 Å². The highest BCUT2D eigenvalue weighted by Gasteiger charge is 2.32. The lowest BCUT2D eigenvalue weighted by atomic mass is 9.83. The van der Waals surface area contributed by atoms with E-state index in [1.807, 2.05) is 36.9 Å². The second kappa shape index (κ2) is 6.98. The van der Waals surface area contributed by atoms with Crippen LogP contribution in [0.2, 0.25) is 4.34 Å². The zero-order valence-electron chi connectivity index (χ0n) is 15.2. The summed E-state index contributed by atoms with van der Waals surface area (Å²) in [5.41, 5.74) is 5.29. The van der Waals surface area contributed by atoms with Crippen LogP contribution in [-0.2, 0) is 11.3 Å². The highest BCUT2D eigenvalue weighted by atomic mass is 35.5. The van der Waals surface area contributed by atoms with E-state index in [9.17, 15) is 4.79 Å². The molecular formula is C21H19ClN2O2S. The molecule has 1 aromatic carbocycles. The molecule has 0 fully saturated rings. The molecule has 0 aliphatic carbocycles. The Labute approximate surface area is 167 Å². The van der Waals surface area contributed by atoms with Gasteiger partial charge in [-0.2, -0.15) is 0 Å². The van der Waals surface area contributed by atoms with E-state index in [0.717, 1.165) is 37.4 Å². The molecule has 1 atom stereocenters. The largest absolute Gasteiger partial charge is 0.361 e. The molecule has 1 aliphatic heterocycles. The van der Waals surface area contributed by atoms with Gasteiger partial charge in [-0.15, -0.1) is 11.3 Å². The van der Waals surface area contributed by atoms with Gasteiger partial charge in [-0.25, -0.2) is 0 Å². The normalized spacial score (nSPS) is 16.3. The first-order valence-electron chi connectivity index (χ1n) is 8.71. The van der Waals surface area contributed by atoms with Crippen molar-refractivity contribution in [1.29, 1.82) is 0 Å². The van der Waals surface area contributed by atoms with Crippen molar-refractivity contribution in [2.45, 2.75) is 26.3 Å². The lowest BCUT2D eigenvalue weighted by Crippen LogP contribution is -2.37. The fourth-order valence-corrected chi connectivity index (χ4v) is 5.20. The van der Waals surface area contributed by atoms with Gasteiger partial charge in [0.1, 0.15) is 5.76 Å². The number of fused-ring (bicyclic) bond motifs is 1. The molecule has 2 aromatic heterocycles. The molecule has 0 saturated heterocycles. The van der Waals surface area contributed by atoms with Crippen molar-refractivity contribution in [3.8, 4) is 11.1 Å². The molecule has 0 spiro atoms. The number of benzene rings is 1. The van der Waals surface area contributed by atoms with Crippen LogP contribution in [0.5, 0.6) is 0 Å². The van der Waals surface area contributed by atoms with E-state index in [2.05, 4.69) is 23.9 Å². The Morgan fingerprint density at radius 2 is 2.15 bits per heavy atom. The number of carbonyl (C=O) groups excluding carboxylic acids is 1. The maximum atomic E-state index is 12.3. The van der Waals surface area contributed by atoms with Gasteiger partial charge in [0.2, 0.25) is 5.91 Å². The van der Waals surface area contributed by atoms with Crippen molar-refractivity contribution in [2.75, 3.05) is 6.54 Å². The van der Waals surface area contributed by atoms with Crippen LogP contribution >= 0.6 is 22.9 Å². The van der Waals surface area contributed by atoms with E-state index in [-0.39, 0.29) is 11.8 Å². The van der Waals surface area contributed by atoms with Gasteiger partial charge in [0.15, 0.2) is 0 Å². The molecule has 0 radical (unpaired) electrons. The van der Waals surface area contributed by atoms with Gasteiger partial charge in [0.25, 0.3) is 0 Å². The third-order valence-electron chi connectivity index (χ3n) is 5.05. The molecule has 27 heavy (non-hydrogen) atoms. The van der Waals surface area contributed by atoms with Crippen LogP contribution in [-0.4, -0.2) is 22.5 Å². The molecule has 4 rings (SSSR count). The zero-order chi connectivity index (χ0) is 19.1. The summed E-state index contributed by atoms with van der Waals surface area (Å²) >= 11 is 7.86. The maximum absolute atomic E-state index is 12.3. The second-order valence-electron chi connectivity index (χ2n) is 6.69. The third-order valence-corrected chi connectivity index (χ3v) is 6.31. The molecule has 0 saturated carbocycles. The quantitative estimate of drug-likeness (QED) is 0.560. The Bertz CT molecular complexity index is 1020. The van der Waals surface area contributed by atoms with Crippen molar-refractivity contribution in [3.05, 3.63) is 74.8 Å². The molecule has 4 nitrogen and oxygen atoms in total. The molecule has 0 unspecified atom stereocenters. The summed E-state index contributed by atoms with van der Waals surface area (Å²) in [6, 6.07) is 10.3. The SMILES string of the molecule is C=CC(=O)N1Cc2sc(Cl)cc2[C@@H](c2ccccc2-c2c(C)noc2C)C1. The first kappa shape index (κ1) is 18.0.